The predicted molar refractivity (Wildman–Crippen MR) is 77.5 cm³/mol. The van der Waals surface area contributed by atoms with Crippen LogP contribution in [0, 0.1) is 0 Å². The summed E-state index contributed by atoms with van der Waals surface area (Å²) in [5.41, 5.74) is 7.43. The minimum Gasteiger partial charge on any atom is -0.389 e. The maximum atomic E-state index is 11.2. The summed E-state index contributed by atoms with van der Waals surface area (Å²) < 4.78 is 24.3. The quantitative estimate of drug-likeness (QED) is 0.859. The van der Waals surface area contributed by atoms with Crippen LogP contribution in [0.3, 0.4) is 0 Å². The summed E-state index contributed by atoms with van der Waals surface area (Å²) in [7, 11) is -2.97. The van der Waals surface area contributed by atoms with Crippen LogP contribution in [-0.2, 0) is 16.4 Å². The van der Waals surface area contributed by atoms with Gasteiger partial charge >= 0.3 is 0 Å². The molecule has 0 aliphatic rings. The van der Waals surface area contributed by atoms with Gasteiger partial charge in [-0.05, 0) is 12.1 Å². The second-order valence-corrected chi connectivity index (χ2v) is 6.94. The van der Waals surface area contributed by atoms with E-state index >= 15 is 0 Å². The van der Waals surface area contributed by atoms with Crippen LogP contribution in [0.5, 0.6) is 0 Å². The van der Waals surface area contributed by atoms with Crippen LogP contribution in [0.25, 0.3) is 10.9 Å². The molecule has 0 saturated carbocycles. The second kappa shape index (κ2) is 4.70. The maximum absolute atomic E-state index is 11.2. The Balaban J connectivity index is 2.43. The molecule has 0 unspecified atom stereocenters. The number of hydrogen-bond donors (Lipinski definition) is 1. The number of fused-ring (bicyclic) bond motifs is 1. The highest BCUT2D eigenvalue weighted by Crippen LogP contribution is 2.20. The fraction of sp³-hybridized carbons (Fsp3) is 0.250. The Morgan fingerprint density at radius 2 is 2.11 bits per heavy atom. The molecule has 0 saturated heterocycles. The Hall–Kier alpha value is -1.40. The van der Waals surface area contributed by atoms with Crippen LogP contribution in [0.1, 0.15) is 5.56 Å². The van der Waals surface area contributed by atoms with Crippen LogP contribution in [0.4, 0.5) is 0 Å². The van der Waals surface area contributed by atoms with Crippen LogP contribution in [0.15, 0.2) is 30.5 Å². The molecule has 0 atom stereocenters. The molecule has 2 rings (SSSR count). The topological polar surface area (TPSA) is 65.1 Å². The van der Waals surface area contributed by atoms with Gasteiger partial charge in [0.05, 0.1) is 5.75 Å². The molecule has 96 valence electrons. The third-order valence-corrected chi connectivity index (χ3v) is 3.93. The van der Waals surface area contributed by atoms with Crippen LogP contribution in [-0.4, -0.2) is 30.0 Å². The third-order valence-electron chi connectivity index (χ3n) is 2.78. The molecule has 6 heteroatoms. The molecule has 2 aromatic rings. The second-order valence-electron chi connectivity index (χ2n) is 4.24. The normalized spacial score (nSPS) is 11.8. The zero-order valence-corrected chi connectivity index (χ0v) is 11.6. The standard InChI is InChI=1S/C12H14N2O2S2/c1-18(15,16)8-7-14-6-5-9-10(12(13)17)3-2-4-11(9)14/h2-6H,7-8H2,1H3,(H2,13,17). The molecule has 1 heterocycles. The van der Waals surface area contributed by atoms with E-state index in [1.165, 1.54) is 6.26 Å². The minimum absolute atomic E-state index is 0.119. The Labute approximate surface area is 111 Å². The van der Waals surface area contributed by atoms with E-state index in [4.69, 9.17) is 18.0 Å². The van der Waals surface area contributed by atoms with E-state index in [9.17, 15) is 8.42 Å². The molecular formula is C12H14N2O2S2. The van der Waals surface area contributed by atoms with Gasteiger partial charge in [0, 0.05) is 35.5 Å². The molecule has 0 amide bonds. The number of thiocarbonyl (C=S) groups is 1. The number of aryl methyl sites for hydroxylation is 1. The van der Waals surface area contributed by atoms with Gasteiger partial charge in [-0.1, -0.05) is 24.4 Å². The van der Waals surface area contributed by atoms with E-state index in [1.54, 1.807) is 0 Å². The fourth-order valence-electron chi connectivity index (χ4n) is 1.90. The van der Waals surface area contributed by atoms with E-state index in [1.807, 2.05) is 35.0 Å². The van der Waals surface area contributed by atoms with Crippen molar-refractivity contribution < 1.29 is 8.42 Å². The van der Waals surface area contributed by atoms with Crippen molar-refractivity contribution in [3.63, 3.8) is 0 Å². The summed E-state index contributed by atoms with van der Waals surface area (Å²) in [4.78, 5) is 0.349. The predicted octanol–water partition coefficient (Wildman–Crippen LogP) is 1.32. The number of benzene rings is 1. The number of aromatic nitrogens is 1. The lowest BCUT2D eigenvalue weighted by Crippen LogP contribution is -2.11. The number of sulfone groups is 1. The summed E-state index contributed by atoms with van der Waals surface area (Å²) in [6.07, 6.45) is 3.09. The van der Waals surface area contributed by atoms with E-state index in [0.29, 0.717) is 11.5 Å². The van der Waals surface area contributed by atoms with Crippen molar-refractivity contribution in [2.45, 2.75) is 6.54 Å². The Morgan fingerprint density at radius 3 is 2.72 bits per heavy atom. The molecule has 0 spiro atoms. The van der Waals surface area contributed by atoms with Gasteiger partial charge in [0.1, 0.15) is 14.8 Å². The van der Waals surface area contributed by atoms with Gasteiger partial charge in [0.2, 0.25) is 0 Å². The van der Waals surface area contributed by atoms with Gasteiger partial charge in [-0.3, -0.25) is 0 Å². The molecule has 2 N–H and O–H groups in total. The first-order valence-electron chi connectivity index (χ1n) is 5.44. The number of hydrogen-bond acceptors (Lipinski definition) is 3. The van der Waals surface area contributed by atoms with Crippen molar-refractivity contribution in [2.75, 3.05) is 12.0 Å². The molecule has 18 heavy (non-hydrogen) atoms. The van der Waals surface area contributed by atoms with Crippen molar-refractivity contribution >= 4 is 37.9 Å². The van der Waals surface area contributed by atoms with Gasteiger partial charge in [-0.25, -0.2) is 8.42 Å². The van der Waals surface area contributed by atoms with Crippen molar-refractivity contribution in [2.24, 2.45) is 5.73 Å². The number of nitrogens with zero attached hydrogens (tertiary/aromatic N) is 1. The lowest BCUT2D eigenvalue weighted by Gasteiger charge is -2.06. The van der Waals surface area contributed by atoms with Crippen molar-refractivity contribution in [3.8, 4) is 0 Å². The highest BCUT2D eigenvalue weighted by molar-refractivity contribution is 7.90. The van der Waals surface area contributed by atoms with Gasteiger partial charge in [-0.2, -0.15) is 0 Å². The largest absolute Gasteiger partial charge is 0.389 e. The van der Waals surface area contributed by atoms with Gasteiger partial charge < -0.3 is 10.3 Å². The minimum atomic E-state index is -2.97. The van der Waals surface area contributed by atoms with E-state index in [0.717, 1.165) is 16.5 Å². The summed E-state index contributed by atoms with van der Waals surface area (Å²) in [5, 5.41) is 0.957. The highest BCUT2D eigenvalue weighted by Gasteiger charge is 2.09. The zero-order valence-electron chi connectivity index (χ0n) is 9.96. The smallest absolute Gasteiger partial charge is 0.149 e. The van der Waals surface area contributed by atoms with Crippen LogP contribution >= 0.6 is 12.2 Å². The zero-order chi connectivity index (χ0) is 13.3. The first-order valence-corrected chi connectivity index (χ1v) is 7.91. The fourth-order valence-corrected chi connectivity index (χ4v) is 2.60. The van der Waals surface area contributed by atoms with Gasteiger partial charge in [-0.15, -0.1) is 0 Å². The molecule has 0 bridgehead atoms. The van der Waals surface area contributed by atoms with Crippen LogP contribution < -0.4 is 5.73 Å². The molecule has 4 nitrogen and oxygen atoms in total. The lowest BCUT2D eigenvalue weighted by atomic mass is 10.1. The molecule has 1 aromatic heterocycles. The molecule has 0 aliphatic heterocycles. The first kappa shape index (κ1) is 13.0. The summed E-state index contributed by atoms with van der Waals surface area (Å²) >= 11 is 5.00. The summed E-state index contributed by atoms with van der Waals surface area (Å²) in [6, 6.07) is 7.57. The molecule has 0 fully saturated rings. The Kier molecular flexibility index (Phi) is 3.41. The molecule has 1 aromatic carbocycles. The van der Waals surface area contributed by atoms with Gasteiger partial charge in [0.25, 0.3) is 0 Å². The van der Waals surface area contributed by atoms with E-state index in [-0.39, 0.29) is 5.75 Å². The van der Waals surface area contributed by atoms with Gasteiger partial charge in [0.15, 0.2) is 0 Å². The lowest BCUT2D eigenvalue weighted by molar-refractivity contribution is 0.596. The summed E-state index contributed by atoms with van der Waals surface area (Å²) in [5.74, 6) is 0.119. The third kappa shape index (κ3) is 2.70. The Bertz CT molecular complexity index is 702. The number of nitrogens with two attached hydrogens (primary N) is 1. The molecule has 0 aliphatic carbocycles. The SMILES string of the molecule is CS(=O)(=O)CCn1ccc2c(C(N)=S)cccc21. The maximum Gasteiger partial charge on any atom is 0.149 e. The average molecular weight is 282 g/mol. The molecular weight excluding hydrogens is 268 g/mol. The summed E-state index contributed by atoms with van der Waals surface area (Å²) in [6.45, 7) is 0.434. The molecule has 0 radical (unpaired) electrons. The average Bonchev–Trinajstić information content (AvgIpc) is 2.68. The first-order chi connectivity index (χ1) is 8.38. The van der Waals surface area contributed by atoms with Crippen molar-refractivity contribution in [1.82, 2.24) is 4.57 Å². The Morgan fingerprint density at radius 1 is 1.39 bits per heavy atom. The highest BCUT2D eigenvalue weighted by atomic mass is 32.2. The van der Waals surface area contributed by atoms with E-state index in [2.05, 4.69) is 0 Å². The van der Waals surface area contributed by atoms with Crippen molar-refractivity contribution in [3.05, 3.63) is 36.0 Å². The van der Waals surface area contributed by atoms with E-state index < -0.39 is 9.84 Å². The monoisotopic (exact) mass is 282 g/mol. The number of rotatable bonds is 4. The van der Waals surface area contributed by atoms with Crippen LogP contribution in [0.2, 0.25) is 0 Å². The van der Waals surface area contributed by atoms with Crippen molar-refractivity contribution in [1.29, 1.82) is 0 Å².